The second-order valence-corrected chi connectivity index (χ2v) is 9.64. The number of aromatic nitrogens is 1. The highest BCUT2D eigenvalue weighted by atomic mass is 16.5. The van der Waals surface area contributed by atoms with Crippen molar-refractivity contribution in [1.29, 1.82) is 5.26 Å². The number of pyridine rings is 1. The van der Waals surface area contributed by atoms with Gasteiger partial charge >= 0.3 is 0 Å². The zero-order valence-electron chi connectivity index (χ0n) is 19.3. The third kappa shape index (κ3) is 4.48. The van der Waals surface area contributed by atoms with Crippen molar-refractivity contribution in [1.82, 2.24) is 20.1 Å². The van der Waals surface area contributed by atoms with Gasteiger partial charge in [0.1, 0.15) is 24.1 Å². The van der Waals surface area contributed by atoms with Crippen LogP contribution < -0.4 is 10.2 Å². The van der Waals surface area contributed by atoms with E-state index in [9.17, 15) is 14.7 Å². The van der Waals surface area contributed by atoms with E-state index in [4.69, 9.17) is 10.00 Å². The molecule has 34 heavy (non-hydrogen) atoms. The highest BCUT2D eigenvalue weighted by Gasteiger charge is 2.46. The Hall–Kier alpha value is -2.74. The number of hydrogen-bond acceptors (Lipinski definition) is 8. The second-order valence-electron chi connectivity index (χ2n) is 9.64. The molecular formula is C24H32N6O4. The van der Waals surface area contributed by atoms with E-state index in [1.807, 2.05) is 11.0 Å². The van der Waals surface area contributed by atoms with E-state index in [1.54, 1.807) is 17.2 Å². The molecule has 2 amide bonds. The van der Waals surface area contributed by atoms with Crippen LogP contribution in [0.25, 0.3) is 0 Å². The van der Waals surface area contributed by atoms with Gasteiger partial charge in [-0.25, -0.2) is 4.98 Å². The number of piperidine rings is 2. The number of aliphatic hydroxyl groups is 1. The number of carbonyl (C=O) groups is 2. The van der Waals surface area contributed by atoms with Gasteiger partial charge in [-0.2, -0.15) is 5.26 Å². The molecule has 0 radical (unpaired) electrons. The fourth-order valence-electron chi connectivity index (χ4n) is 5.70. The second kappa shape index (κ2) is 9.86. The van der Waals surface area contributed by atoms with E-state index >= 15 is 0 Å². The molecule has 0 saturated carbocycles. The minimum absolute atomic E-state index is 0.0325. The number of amides is 2. The minimum atomic E-state index is -1.19. The summed E-state index contributed by atoms with van der Waals surface area (Å²) in [5.41, 5.74) is 0.542. The number of anilines is 1. The van der Waals surface area contributed by atoms with Gasteiger partial charge in [-0.1, -0.05) is 0 Å². The van der Waals surface area contributed by atoms with Crippen LogP contribution in [0, 0.1) is 11.3 Å². The average Bonchev–Trinajstić information content (AvgIpc) is 3.39. The summed E-state index contributed by atoms with van der Waals surface area (Å²) in [6, 6.07) is 6.00. The standard InChI is InChI=1S/C24H32N6O4/c25-13-16-1-2-21(27-14-16)28-10-5-18(6-11-28)29-12-7-19(23(29)32)34-20-15-30(24(33)22(20)31)17-3-8-26-9-4-17/h1-2,14,17-20,22,26,31H,3-12,15H2. The first-order valence-corrected chi connectivity index (χ1v) is 12.3. The molecule has 1 aromatic heterocycles. The lowest BCUT2D eigenvalue weighted by molar-refractivity contribution is -0.148. The Kier molecular flexibility index (Phi) is 6.68. The molecular weight excluding hydrogens is 436 g/mol. The number of likely N-dealkylation sites (tertiary alicyclic amines) is 2. The number of nitrogens with one attached hydrogen (secondary N) is 1. The SMILES string of the molecule is N#Cc1ccc(N2CCC(N3CCC(OC4CN(C5CCNCC5)C(=O)C4O)C3=O)CC2)nc1. The quantitative estimate of drug-likeness (QED) is 0.613. The Balaban J connectivity index is 1.14. The Morgan fingerprint density at radius 3 is 2.41 bits per heavy atom. The van der Waals surface area contributed by atoms with Gasteiger partial charge in [-0.3, -0.25) is 9.59 Å². The van der Waals surface area contributed by atoms with E-state index in [0.717, 1.165) is 57.7 Å². The third-order valence-electron chi connectivity index (χ3n) is 7.65. The fraction of sp³-hybridized carbons (Fsp3) is 0.667. The predicted octanol–water partition coefficient (Wildman–Crippen LogP) is -0.137. The Morgan fingerprint density at radius 2 is 1.74 bits per heavy atom. The molecule has 4 aliphatic heterocycles. The van der Waals surface area contributed by atoms with Crippen LogP contribution in [0.3, 0.4) is 0 Å². The number of aliphatic hydroxyl groups excluding tert-OH is 1. The van der Waals surface area contributed by atoms with Crippen LogP contribution in [0.1, 0.15) is 37.7 Å². The molecule has 0 bridgehead atoms. The molecule has 3 unspecified atom stereocenters. The van der Waals surface area contributed by atoms with Crippen molar-refractivity contribution < 1.29 is 19.4 Å². The number of rotatable bonds is 5. The van der Waals surface area contributed by atoms with E-state index < -0.39 is 18.3 Å². The van der Waals surface area contributed by atoms with E-state index in [0.29, 0.717) is 25.1 Å². The molecule has 4 aliphatic rings. The van der Waals surface area contributed by atoms with E-state index in [2.05, 4.69) is 21.3 Å². The molecule has 0 aromatic carbocycles. The lowest BCUT2D eigenvalue weighted by Gasteiger charge is -2.37. The Labute approximate surface area is 199 Å². The molecule has 2 N–H and O–H groups in total. The van der Waals surface area contributed by atoms with Crippen LogP contribution >= 0.6 is 0 Å². The molecule has 0 spiro atoms. The molecule has 4 fully saturated rings. The van der Waals surface area contributed by atoms with Gasteiger partial charge in [0.05, 0.1) is 12.1 Å². The molecule has 5 heterocycles. The minimum Gasteiger partial charge on any atom is -0.380 e. The van der Waals surface area contributed by atoms with Crippen molar-refractivity contribution in [2.75, 3.05) is 44.2 Å². The first kappa shape index (κ1) is 23.0. The summed E-state index contributed by atoms with van der Waals surface area (Å²) < 4.78 is 6.06. The molecule has 5 rings (SSSR count). The zero-order valence-corrected chi connectivity index (χ0v) is 19.3. The Morgan fingerprint density at radius 1 is 1.00 bits per heavy atom. The summed E-state index contributed by atoms with van der Waals surface area (Å²) in [5, 5.41) is 22.7. The molecule has 0 aliphatic carbocycles. The lowest BCUT2D eigenvalue weighted by atomic mass is 10.0. The number of nitriles is 1. The summed E-state index contributed by atoms with van der Waals surface area (Å²) in [4.78, 5) is 36.0. The van der Waals surface area contributed by atoms with Crippen LogP contribution in [0.2, 0.25) is 0 Å². The molecule has 10 nitrogen and oxygen atoms in total. The monoisotopic (exact) mass is 468 g/mol. The average molecular weight is 469 g/mol. The largest absolute Gasteiger partial charge is 0.380 e. The van der Waals surface area contributed by atoms with Crippen molar-refractivity contribution in [2.45, 2.75) is 62.5 Å². The summed E-state index contributed by atoms with van der Waals surface area (Å²) in [6.07, 6.45) is 3.15. The summed E-state index contributed by atoms with van der Waals surface area (Å²) in [7, 11) is 0. The van der Waals surface area contributed by atoms with Crippen LogP contribution in [-0.4, -0.2) is 101 Å². The lowest BCUT2D eigenvalue weighted by Crippen LogP contribution is -2.47. The fourth-order valence-corrected chi connectivity index (χ4v) is 5.70. The van der Waals surface area contributed by atoms with Gasteiger partial charge in [-0.05, 0) is 50.9 Å². The molecule has 182 valence electrons. The smallest absolute Gasteiger partial charge is 0.254 e. The molecule has 1 aromatic rings. The van der Waals surface area contributed by atoms with Crippen LogP contribution in [0.15, 0.2) is 18.3 Å². The number of hydrogen-bond donors (Lipinski definition) is 2. The van der Waals surface area contributed by atoms with Crippen LogP contribution in [-0.2, 0) is 14.3 Å². The van der Waals surface area contributed by atoms with E-state index in [-0.39, 0.29) is 23.9 Å². The van der Waals surface area contributed by atoms with Crippen LogP contribution in [0.5, 0.6) is 0 Å². The first-order chi connectivity index (χ1) is 16.5. The van der Waals surface area contributed by atoms with Crippen molar-refractivity contribution in [3.05, 3.63) is 23.9 Å². The van der Waals surface area contributed by atoms with Gasteiger partial charge in [0.2, 0.25) is 0 Å². The van der Waals surface area contributed by atoms with Gasteiger partial charge in [0.15, 0.2) is 6.10 Å². The van der Waals surface area contributed by atoms with Crippen molar-refractivity contribution in [2.24, 2.45) is 0 Å². The number of ether oxygens (including phenoxy) is 1. The Bertz CT molecular complexity index is 936. The summed E-state index contributed by atoms with van der Waals surface area (Å²) >= 11 is 0. The first-order valence-electron chi connectivity index (χ1n) is 12.3. The van der Waals surface area contributed by atoms with Crippen molar-refractivity contribution in [3.63, 3.8) is 0 Å². The topological polar surface area (TPSA) is 122 Å². The maximum atomic E-state index is 13.1. The normalized spacial score (nSPS) is 29.2. The highest BCUT2D eigenvalue weighted by Crippen LogP contribution is 2.29. The summed E-state index contributed by atoms with van der Waals surface area (Å²) in [5.74, 6) is 0.544. The van der Waals surface area contributed by atoms with Gasteiger partial charge < -0.3 is 29.9 Å². The van der Waals surface area contributed by atoms with Crippen LogP contribution in [0.4, 0.5) is 5.82 Å². The molecule has 4 saturated heterocycles. The zero-order chi connectivity index (χ0) is 23.7. The predicted molar refractivity (Wildman–Crippen MR) is 123 cm³/mol. The maximum Gasteiger partial charge on any atom is 0.254 e. The van der Waals surface area contributed by atoms with E-state index in [1.165, 1.54) is 0 Å². The summed E-state index contributed by atoms with van der Waals surface area (Å²) in [6.45, 7) is 4.31. The van der Waals surface area contributed by atoms with Gasteiger partial charge in [-0.15, -0.1) is 0 Å². The van der Waals surface area contributed by atoms with Gasteiger partial charge in [0.25, 0.3) is 11.8 Å². The number of carbonyl (C=O) groups excluding carboxylic acids is 2. The highest BCUT2D eigenvalue weighted by molar-refractivity contribution is 5.85. The maximum absolute atomic E-state index is 13.1. The third-order valence-corrected chi connectivity index (χ3v) is 7.65. The molecule has 3 atom stereocenters. The van der Waals surface area contributed by atoms with Crippen molar-refractivity contribution >= 4 is 17.6 Å². The van der Waals surface area contributed by atoms with Crippen molar-refractivity contribution in [3.8, 4) is 6.07 Å². The molecule has 10 heteroatoms. The number of nitrogens with zero attached hydrogens (tertiary/aromatic N) is 5. The van der Waals surface area contributed by atoms with Gasteiger partial charge in [0, 0.05) is 44.3 Å².